The number of hydrogen-bond acceptors (Lipinski definition) is 2. The second-order valence-electron chi connectivity index (χ2n) is 6.96. The van der Waals surface area contributed by atoms with Crippen molar-refractivity contribution in [3.8, 4) is 0 Å². The van der Waals surface area contributed by atoms with Gasteiger partial charge in [-0.15, -0.1) is 0 Å². The largest absolute Gasteiger partial charge is 0.302 e. The summed E-state index contributed by atoms with van der Waals surface area (Å²) in [5, 5.41) is 0. The SMILES string of the molecule is CC(C)CC1CN(CC2CCN(C(C)C)C2)C1. The molecule has 0 spiro atoms. The van der Waals surface area contributed by atoms with Crippen molar-refractivity contribution in [1.82, 2.24) is 9.80 Å². The molecule has 2 rings (SSSR count). The van der Waals surface area contributed by atoms with Crippen LogP contribution in [0.2, 0.25) is 0 Å². The van der Waals surface area contributed by atoms with E-state index in [-0.39, 0.29) is 0 Å². The highest BCUT2D eigenvalue weighted by atomic mass is 15.2. The standard InChI is InChI=1S/C15H30N2/c1-12(2)7-15-9-16(10-15)8-14-5-6-17(11-14)13(3)4/h12-15H,5-11H2,1-4H3. The Kier molecular flexibility index (Phi) is 4.48. The van der Waals surface area contributed by atoms with Crippen LogP contribution in [0, 0.1) is 17.8 Å². The maximum absolute atomic E-state index is 2.68. The zero-order valence-electron chi connectivity index (χ0n) is 12.2. The van der Waals surface area contributed by atoms with Gasteiger partial charge in [-0.3, -0.25) is 0 Å². The minimum absolute atomic E-state index is 0.741. The monoisotopic (exact) mass is 238 g/mol. The van der Waals surface area contributed by atoms with E-state index in [4.69, 9.17) is 0 Å². The highest BCUT2D eigenvalue weighted by molar-refractivity contribution is 4.86. The van der Waals surface area contributed by atoms with Crippen molar-refractivity contribution < 1.29 is 0 Å². The third-order valence-corrected chi connectivity index (χ3v) is 4.40. The van der Waals surface area contributed by atoms with Crippen LogP contribution in [0.15, 0.2) is 0 Å². The summed E-state index contributed by atoms with van der Waals surface area (Å²) in [5.41, 5.74) is 0. The Morgan fingerprint density at radius 1 is 1.00 bits per heavy atom. The fourth-order valence-corrected chi connectivity index (χ4v) is 3.49. The van der Waals surface area contributed by atoms with Crippen LogP contribution in [-0.2, 0) is 0 Å². The van der Waals surface area contributed by atoms with Crippen LogP contribution in [0.1, 0.15) is 40.5 Å². The highest BCUT2D eigenvalue weighted by Gasteiger charge is 2.31. The lowest BCUT2D eigenvalue weighted by atomic mass is 9.89. The van der Waals surface area contributed by atoms with Gasteiger partial charge in [-0.1, -0.05) is 13.8 Å². The molecule has 0 aromatic rings. The number of likely N-dealkylation sites (tertiary alicyclic amines) is 2. The molecule has 0 bridgehead atoms. The van der Waals surface area contributed by atoms with E-state index in [0.29, 0.717) is 0 Å². The lowest BCUT2D eigenvalue weighted by molar-refractivity contribution is 0.0686. The summed E-state index contributed by atoms with van der Waals surface area (Å²) >= 11 is 0. The average Bonchev–Trinajstić information content (AvgIpc) is 2.62. The molecule has 1 atom stereocenters. The smallest absolute Gasteiger partial charge is 0.00387 e. The van der Waals surface area contributed by atoms with E-state index >= 15 is 0 Å². The van der Waals surface area contributed by atoms with Crippen LogP contribution in [0.25, 0.3) is 0 Å². The number of rotatable bonds is 5. The van der Waals surface area contributed by atoms with Crippen molar-refractivity contribution in [3.63, 3.8) is 0 Å². The van der Waals surface area contributed by atoms with Gasteiger partial charge in [-0.25, -0.2) is 0 Å². The fourth-order valence-electron chi connectivity index (χ4n) is 3.49. The Labute approximate surface area is 107 Å². The Morgan fingerprint density at radius 3 is 2.24 bits per heavy atom. The molecule has 100 valence electrons. The third-order valence-electron chi connectivity index (χ3n) is 4.40. The highest BCUT2D eigenvalue weighted by Crippen LogP contribution is 2.26. The van der Waals surface area contributed by atoms with Crippen LogP contribution < -0.4 is 0 Å². The average molecular weight is 238 g/mol. The van der Waals surface area contributed by atoms with Crippen molar-refractivity contribution in [2.45, 2.75) is 46.6 Å². The Hall–Kier alpha value is -0.0800. The van der Waals surface area contributed by atoms with Gasteiger partial charge in [-0.05, 0) is 51.0 Å². The van der Waals surface area contributed by atoms with E-state index in [1.54, 1.807) is 0 Å². The van der Waals surface area contributed by atoms with Gasteiger partial charge in [0.15, 0.2) is 0 Å². The lowest BCUT2D eigenvalue weighted by Gasteiger charge is -2.41. The molecule has 17 heavy (non-hydrogen) atoms. The van der Waals surface area contributed by atoms with E-state index in [0.717, 1.165) is 23.8 Å². The van der Waals surface area contributed by atoms with E-state index in [1.165, 1.54) is 45.6 Å². The normalized spacial score (nSPS) is 28.2. The minimum Gasteiger partial charge on any atom is -0.302 e. The second-order valence-corrected chi connectivity index (χ2v) is 6.96. The van der Waals surface area contributed by atoms with Crippen LogP contribution in [-0.4, -0.2) is 48.6 Å². The zero-order valence-corrected chi connectivity index (χ0v) is 12.2. The van der Waals surface area contributed by atoms with Gasteiger partial charge in [0, 0.05) is 32.2 Å². The number of nitrogens with zero attached hydrogens (tertiary/aromatic N) is 2. The summed E-state index contributed by atoms with van der Waals surface area (Å²) in [5.74, 6) is 2.82. The van der Waals surface area contributed by atoms with Gasteiger partial charge in [0.25, 0.3) is 0 Å². The summed E-state index contributed by atoms with van der Waals surface area (Å²) in [4.78, 5) is 5.32. The van der Waals surface area contributed by atoms with Gasteiger partial charge < -0.3 is 9.80 Å². The molecule has 0 aliphatic carbocycles. The Balaban J connectivity index is 1.61. The van der Waals surface area contributed by atoms with Gasteiger partial charge in [0.2, 0.25) is 0 Å². The molecule has 2 aliphatic heterocycles. The molecule has 0 aromatic carbocycles. The van der Waals surface area contributed by atoms with E-state index < -0.39 is 0 Å². The molecular weight excluding hydrogens is 208 g/mol. The maximum atomic E-state index is 2.68. The van der Waals surface area contributed by atoms with E-state index in [1.807, 2.05) is 0 Å². The minimum atomic E-state index is 0.741. The summed E-state index contributed by atoms with van der Waals surface area (Å²) in [6, 6.07) is 0.741. The quantitative estimate of drug-likeness (QED) is 0.726. The third kappa shape index (κ3) is 3.69. The molecule has 2 aliphatic rings. The molecule has 2 heterocycles. The molecule has 2 heteroatoms. The lowest BCUT2D eigenvalue weighted by Crippen LogP contribution is -2.49. The first-order chi connectivity index (χ1) is 8.04. The fraction of sp³-hybridized carbons (Fsp3) is 1.00. The molecule has 0 aromatic heterocycles. The molecule has 0 amide bonds. The van der Waals surface area contributed by atoms with Crippen LogP contribution in [0.5, 0.6) is 0 Å². The van der Waals surface area contributed by atoms with Gasteiger partial charge >= 0.3 is 0 Å². The molecule has 2 saturated heterocycles. The van der Waals surface area contributed by atoms with E-state index in [2.05, 4.69) is 37.5 Å². The first-order valence-corrected chi connectivity index (χ1v) is 7.51. The molecule has 0 saturated carbocycles. The summed E-state index contributed by atoms with van der Waals surface area (Å²) in [6.07, 6.45) is 2.85. The molecule has 1 unspecified atom stereocenters. The van der Waals surface area contributed by atoms with Crippen LogP contribution in [0.4, 0.5) is 0 Å². The Bertz CT molecular complexity index is 231. The van der Waals surface area contributed by atoms with Crippen molar-refractivity contribution in [1.29, 1.82) is 0 Å². The van der Waals surface area contributed by atoms with Crippen molar-refractivity contribution in [2.75, 3.05) is 32.7 Å². The zero-order chi connectivity index (χ0) is 12.4. The van der Waals surface area contributed by atoms with Crippen LogP contribution >= 0.6 is 0 Å². The number of hydrogen-bond donors (Lipinski definition) is 0. The molecule has 0 radical (unpaired) electrons. The predicted molar refractivity (Wildman–Crippen MR) is 74.2 cm³/mol. The van der Waals surface area contributed by atoms with Gasteiger partial charge in [0.05, 0.1) is 0 Å². The van der Waals surface area contributed by atoms with Gasteiger partial charge in [-0.2, -0.15) is 0 Å². The van der Waals surface area contributed by atoms with Crippen molar-refractivity contribution in [2.24, 2.45) is 17.8 Å². The molecule has 0 N–H and O–H groups in total. The van der Waals surface area contributed by atoms with Crippen molar-refractivity contribution >= 4 is 0 Å². The topological polar surface area (TPSA) is 6.48 Å². The second kappa shape index (κ2) is 5.71. The van der Waals surface area contributed by atoms with E-state index in [9.17, 15) is 0 Å². The molecular formula is C15H30N2. The Morgan fingerprint density at radius 2 is 1.71 bits per heavy atom. The van der Waals surface area contributed by atoms with Gasteiger partial charge in [0.1, 0.15) is 0 Å². The maximum Gasteiger partial charge on any atom is 0.00387 e. The summed E-state index contributed by atoms with van der Waals surface area (Å²) in [7, 11) is 0. The molecule has 2 fully saturated rings. The first kappa shape index (κ1) is 13.4. The molecule has 2 nitrogen and oxygen atoms in total. The predicted octanol–water partition coefficient (Wildman–Crippen LogP) is 2.69. The summed E-state index contributed by atoms with van der Waals surface area (Å²) < 4.78 is 0. The van der Waals surface area contributed by atoms with Crippen LogP contribution in [0.3, 0.4) is 0 Å². The first-order valence-electron chi connectivity index (χ1n) is 7.51. The summed E-state index contributed by atoms with van der Waals surface area (Å²) in [6.45, 7) is 16.1. The van der Waals surface area contributed by atoms with Crippen molar-refractivity contribution in [3.05, 3.63) is 0 Å².